The van der Waals surface area contributed by atoms with Crippen LogP contribution in [0.4, 0.5) is 15.9 Å². The first-order chi connectivity index (χ1) is 13.0. The lowest BCUT2D eigenvalue weighted by Gasteiger charge is -2.24. The van der Waals surface area contributed by atoms with E-state index in [1.807, 2.05) is 37.3 Å². The fourth-order valence-electron chi connectivity index (χ4n) is 3.20. The minimum Gasteiger partial charge on any atom is -0.324 e. The van der Waals surface area contributed by atoms with E-state index in [9.17, 15) is 14.0 Å². The Labute approximate surface area is 155 Å². The fourth-order valence-corrected chi connectivity index (χ4v) is 3.20. The predicted octanol–water partition coefficient (Wildman–Crippen LogP) is 3.52. The van der Waals surface area contributed by atoms with Crippen molar-refractivity contribution in [1.29, 1.82) is 0 Å². The molecular weight excluding hydrogens is 347 g/mol. The minimum absolute atomic E-state index is 0.0382. The number of fused-ring (bicyclic) bond motifs is 1. The van der Waals surface area contributed by atoms with Gasteiger partial charge < -0.3 is 10.6 Å². The molecule has 1 unspecified atom stereocenters. The van der Waals surface area contributed by atoms with Crippen LogP contribution >= 0.6 is 0 Å². The second-order valence-electron chi connectivity index (χ2n) is 6.40. The molecule has 0 radical (unpaired) electrons. The van der Waals surface area contributed by atoms with Crippen molar-refractivity contribution in [3.8, 4) is 11.3 Å². The Hall–Kier alpha value is -3.48. The number of anilines is 2. The van der Waals surface area contributed by atoms with Gasteiger partial charge in [-0.15, -0.1) is 0 Å². The highest BCUT2D eigenvalue weighted by atomic mass is 19.1. The maximum absolute atomic E-state index is 13.4. The molecule has 6 nitrogen and oxygen atoms in total. The average molecular weight is 364 g/mol. The van der Waals surface area contributed by atoms with E-state index >= 15 is 0 Å². The second-order valence-corrected chi connectivity index (χ2v) is 6.40. The third-order valence-corrected chi connectivity index (χ3v) is 4.52. The van der Waals surface area contributed by atoms with Gasteiger partial charge in [0.1, 0.15) is 17.7 Å². The lowest BCUT2D eigenvalue weighted by Crippen LogP contribution is -2.35. The van der Waals surface area contributed by atoms with Crippen LogP contribution in [-0.2, 0) is 9.59 Å². The fraction of sp³-hybridized carbons (Fsp3) is 0.150. The summed E-state index contributed by atoms with van der Waals surface area (Å²) in [6, 6.07) is 14.4. The molecule has 2 N–H and O–H groups in total. The summed E-state index contributed by atoms with van der Waals surface area (Å²) in [6.45, 7) is 1.86. The van der Waals surface area contributed by atoms with Crippen molar-refractivity contribution in [2.45, 2.75) is 19.4 Å². The van der Waals surface area contributed by atoms with E-state index in [4.69, 9.17) is 0 Å². The highest BCUT2D eigenvalue weighted by molar-refractivity contribution is 6.02. The molecule has 1 atom stereocenters. The van der Waals surface area contributed by atoms with Crippen LogP contribution in [0.3, 0.4) is 0 Å². The highest BCUT2D eigenvalue weighted by Crippen LogP contribution is 2.34. The van der Waals surface area contributed by atoms with Crippen molar-refractivity contribution in [3.63, 3.8) is 0 Å². The largest absolute Gasteiger partial charge is 0.324 e. The van der Waals surface area contributed by atoms with Crippen LogP contribution in [-0.4, -0.2) is 21.6 Å². The van der Waals surface area contributed by atoms with Gasteiger partial charge >= 0.3 is 0 Å². The molecule has 0 saturated carbocycles. The Morgan fingerprint density at radius 2 is 2.00 bits per heavy atom. The van der Waals surface area contributed by atoms with E-state index in [1.165, 1.54) is 22.9 Å². The van der Waals surface area contributed by atoms with Crippen molar-refractivity contribution in [3.05, 3.63) is 66.0 Å². The third-order valence-electron chi connectivity index (χ3n) is 4.52. The lowest BCUT2D eigenvalue weighted by atomic mass is 10.1. The first-order valence-corrected chi connectivity index (χ1v) is 8.54. The summed E-state index contributed by atoms with van der Waals surface area (Å²) in [5.74, 6) is -0.621. The van der Waals surface area contributed by atoms with Gasteiger partial charge in [-0.25, -0.2) is 9.07 Å². The third kappa shape index (κ3) is 3.19. The molecular formula is C20H17FN4O2. The average Bonchev–Trinajstić information content (AvgIpc) is 2.98. The van der Waals surface area contributed by atoms with E-state index < -0.39 is 17.8 Å². The number of nitrogens with one attached hydrogen (secondary N) is 2. The van der Waals surface area contributed by atoms with Gasteiger partial charge in [0, 0.05) is 16.8 Å². The van der Waals surface area contributed by atoms with Gasteiger partial charge in [0.15, 0.2) is 0 Å². The number of rotatable bonds is 3. The van der Waals surface area contributed by atoms with Crippen molar-refractivity contribution in [1.82, 2.24) is 9.78 Å². The van der Waals surface area contributed by atoms with Gasteiger partial charge in [-0.3, -0.25) is 9.59 Å². The van der Waals surface area contributed by atoms with E-state index in [0.717, 1.165) is 11.1 Å². The van der Waals surface area contributed by atoms with Crippen molar-refractivity contribution in [2.75, 3.05) is 10.6 Å². The zero-order valence-electron chi connectivity index (χ0n) is 14.6. The first kappa shape index (κ1) is 17.0. The summed E-state index contributed by atoms with van der Waals surface area (Å²) < 4.78 is 14.9. The maximum Gasteiger partial charge on any atom is 0.249 e. The number of carbonyl (C=O) groups is 2. The standard InChI is InChI=1S/C20H17FN4O2/c1-12-18(13-6-3-2-4-7-13)24-25-16(11-17(26)23-19(12)25)20(27)22-15-9-5-8-14(21)10-15/h2-10,16H,11H2,1H3,(H,22,27)(H,23,26). The van der Waals surface area contributed by atoms with Crippen LogP contribution in [0.15, 0.2) is 54.6 Å². The monoisotopic (exact) mass is 364 g/mol. The molecule has 2 heterocycles. The van der Waals surface area contributed by atoms with Crippen molar-refractivity contribution < 1.29 is 14.0 Å². The van der Waals surface area contributed by atoms with Crippen LogP contribution in [0.2, 0.25) is 0 Å². The number of hydrogen-bond acceptors (Lipinski definition) is 3. The van der Waals surface area contributed by atoms with Gasteiger partial charge in [0.2, 0.25) is 11.8 Å². The summed E-state index contributed by atoms with van der Waals surface area (Å²) in [4.78, 5) is 24.9. The quantitative estimate of drug-likeness (QED) is 0.747. The van der Waals surface area contributed by atoms with Gasteiger partial charge in [0.25, 0.3) is 0 Å². The van der Waals surface area contributed by atoms with Crippen LogP contribution in [0, 0.1) is 12.7 Å². The van der Waals surface area contributed by atoms with E-state index in [2.05, 4.69) is 15.7 Å². The van der Waals surface area contributed by atoms with E-state index in [0.29, 0.717) is 17.2 Å². The zero-order valence-corrected chi connectivity index (χ0v) is 14.6. The molecule has 0 fully saturated rings. The molecule has 4 rings (SSSR count). The van der Waals surface area contributed by atoms with Gasteiger partial charge in [0.05, 0.1) is 12.1 Å². The maximum atomic E-state index is 13.4. The molecule has 2 aromatic carbocycles. The van der Waals surface area contributed by atoms with Crippen LogP contribution < -0.4 is 10.6 Å². The van der Waals surface area contributed by atoms with Crippen LogP contribution in [0.5, 0.6) is 0 Å². The summed E-state index contributed by atoms with van der Waals surface area (Å²) in [6.07, 6.45) is -0.0382. The van der Waals surface area contributed by atoms with Crippen molar-refractivity contribution in [2.24, 2.45) is 0 Å². The summed E-state index contributed by atoms with van der Waals surface area (Å²) >= 11 is 0. The minimum atomic E-state index is -0.812. The smallest absolute Gasteiger partial charge is 0.249 e. The molecule has 1 aromatic heterocycles. The SMILES string of the molecule is Cc1c(-c2ccccc2)nn2c1NC(=O)CC2C(=O)Nc1cccc(F)c1. The molecule has 0 bridgehead atoms. The molecule has 136 valence electrons. The Bertz CT molecular complexity index is 1030. The number of amides is 2. The molecule has 0 aliphatic carbocycles. The number of hydrogen-bond donors (Lipinski definition) is 2. The number of carbonyl (C=O) groups excluding carboxylic acids is 2. The Kier molecular flexibility index (Phi) is 4.19. The summed E-state index contributed by atoms with van der Waals surface area (Å²) in [7, 11) is 0. The molecule has 3 aromatic rings. The molecule has 2 amide bonds. The molecule has 1 aliphatic heterocycles. The number of halogens is 1. The van der Waals surface area contributed by atoms with E-state index in [-0.39, 0.29) is 12.3 Å². The van der Waals surface area contributed by atoms with Crippen LogP contribution in [0.1, 0.15) is 18.0 Å². The molecule has 27 heavy (non-hydrogen) atoms. The zero-order chi connectivity index (χ0) is 19.0. The molecule has 7 heteroatoms. The Balaban J connectivity index is 1.70. The second kappa shape index (κ2) is 6.68. The Morgan fingerprint density at radius 1 is 1.22 bits per heavy atom. The summed E-state index contributed by atoms with van der Waals surface area (Å²) in [5.41, 5.74) is 2.73. The molecule has 0 spiro atoms. The van der Waals surface area contributed by atoms with Gasteiger partial charge in [-0.1, -0.05) is 36.4 Å². The number of nitrogens with zero attached hydrogens (tertiary/aromatic N) is 2. The first-order valence-electron chi connectivity index (χ1n) is 8.54. The summed E-state index contributed by atoms with van der Waals surface area (Å²) in [5, 5.41) is 10.0. The van der Waals surface area contributed by atoms with E-state index in [1.54, 1.807) is 6.07 Å². The lowest BCUT2D eigenvalue weighted by molar-refractivity contribution is -0.125. The van der Waals surface area contributed by atoms with Crippen molar-refractivity contribution >= 4 is 23.3 Å². The Morgan fingerprint density at radius 3 is 2.74 bits per heavy atom. The normalized spacial score (nSPS) is 15.8. The molecule has 0 saturated heterocycles. The molecule has 1 aliphatic rings. The number of benzene rings is 2. The van der Waals surface area contributed by atoms with Gasteiger partial charge in [-0.05, 0) is 25.1 Å². The highest BCUT2D eigenvalue weighted by Gasteiger charge is 2.34. The van der Waals surface area contributed by atoms with Gasteiger partial charge in [-0.2, -0.15) is 5.10 Å². The topological polar surface area (TPSA) is 76.0 Å². The predicted molar refractivity (Wildman–Crippen MR) is 99.7 cm³/mol. The van der Waals surface area contributed by atoms with Crippen LogP contribution in [0.25, 0.3) is 11.3 Å². The number of aromatic nitrogens is 2.